The summed E-state index contributed by atoms with van der Waals surface area (Å²) in [5.41, 5.74) is 6.65. The predicted octanol–water partition coefficient (Wildman–Crippen LogP) is 2.49. The van der Waals surface area contributed by atoms with E-state index in [4.69, 9.17) is 5.73 Å². The number of carbonyl (C=O) groups is 1. The van der Waals surface area contributed by atoms with Crippen LogP contribution >= 0.6 is 12.4 Å². The van der Waals surface area contributed by atoms with Gasteiger partial charge < -0.3 is 10.6 Å². The third-order valence-electron chi connectivity index (χ3n) is 3.32. The van der Waals surface area contributed by atoms with Crippen LogP contribution in [0.4, 0.5) is 5.69 Å². The first-order chi connectivity index (χ1) is 8.18. The van der Waals surface area contributed by atoms with Crippen LogP contribution in [0.1, 0.15) is 43.1 Å². The SMILES string of the molecule is CC1CCCCCN1C(=O)c1ccc(N)cn1.Cl. The molecule has 4 nitrogen and oxygen atoms in total. The quantitative estimate of drug-likeness (QED) is 0.852. The van der Waals surface area contributed by atoms with Gasteiger partial charge in [0, 0.05) is 12.6 Å². The van der Waals surface area contributed by atoms with Crippen molar-refractivity contribution in [1.82, 2.24) is 9.88 Å². The fraction of sp³-hybridized carbons (Fsp3) is 0.538. The van der Waals surface area contributed by atoms with Crippen molar-refractivity contribution in [2.75, 3.05) is 12.3 Å². The molecule has 2 N–H and O–H groups in total. The lowest BCUT2D eigenvalue weighted by atomic mass is 10.1. The van der Waals surface area contributed by atoms with E-state index < -0.39 is 0 Å². The highest BCUT2D eigenvalue weighted by molar-refractivity contribution is 5.92. The summed E-state index contributed by atoms with van der Waals surface area (Å²) in [6.07, 6.45) is 6.13. The maximum absolute atomic E-state index is 12.3. The Bertz CT molecular complexity index is 394. The van der Waals surface area contributed by atoms with E-state index in [0.29, 0.717) is 17.4 Å². The number of aromatic nitrogens is 1. The summed E-state index contributed by atoms with van der Waals surface area (Å²) < 4.78 is 0. The molecule has 0 aromatic carbocycles. The zero-order valence-corrected chi connectivity index (χ0v) is 11.4. The highest BCUT2D eigenvalue weighted by Gasteiger charge is 2.23. The minimum Gasteiger partial charge on any atom is -0.397 e. The molecule has 0 saturated carbocycles. The second-order valence-electron chi connectivity index (χ2n) is 4.67. The molecule has 5 heteroatoms. The fourth-order valence-electron chi connectivity index (χ4n) is 2.26. The van der Waals surface area contributed by atoms with E-state index in [-0.39, 0.29) is 18.3 Å². The first-order valence-electron chi connectivity index (χ1n) is 6.21. The van der Waals surface area contributed by atoms with E-state index in [2.05, 4.69) is 11.9 Å². The lowest BCUT2D eigenvalue weighted by Gasteiger charge is -2.26. The van der Waals surface area contributed by atoms with Crippen LogP contribution in [0.3, 0.4) is 0 Å². The number of nitrogen functional groups attached to an aromatic ring is 1. The van der Waals surface area contributed by atoms with Crippen LogP contribution in [0.5, 0.6) is 0 Å². The van der Waals surface area contributed by atoms with Crippen molar-refractivity contribution < 1.29 is 4.79 Å². The van der Waals surface area contributed by atoms with Gasteiger partial charge >= 0.3 is 0 Å². The number of nitrogens with zero attached hydrogens (tertiary/aromatic N) is 2. The number of nitrogens with two attached hydrogens (primary N) is 1. The lowest BCUT2D eigenvalue weighted by Crippen LogP contribution is -2.38. The van der Waals surface area contributed by atoms with Crippen molar-refractivity contribution in [3.05, 3.63) is 24.0 Å². The van der Waals surface area contributed by atoms with E-state index in [9.17, 15) is 4.79 Å². The average Bonchev–Trinajstić information content (AvgIpc) is 2.54. The lowest BCUT2D eigenvalue weighted by molar-refractivity contribution is 0.0692. The van der Waals surface area contributed by atoms with E-state index in [1.54, 1.807) is 12.1 Å². The third-order valence-corrected chi connectivity index (χ3v) is 3.32. The number of halogens is 1. The zero-order valence-electron chi connectivity index (χ0n) is 10.6. The zero-order chi connectivity index (χ0) is 12.3. The summed E-state index contributed by atoms with van der Waals surface area (Å²) in [5, 5.41) is 0. The van der Waals surface area contributed by atoms with Crippen LogP contribution in [-0.2, 0) is 0 Å². The summed E-state index contributed by atoms with van der Waals surface area (Å²) in [6.45, 7) is 2.95. The molecule has 0 aliphatic carbocycles. The molecule has 1 amide bonds. The van der Waals surface area contributed by atoms with E-state index in [0.717, 1.165) is 19.4 Å². The molecule has 1 aliphatic heterocycles. The molecule has 1 aliphatic rings. The van der Waals surface area contributed by atoms with Crippen LogP contribution in [0.25, 0.3) is 0 Å². The molecule has 1 aromatic rings. The summed E-state index contributed by atoms with van der Waals surface area (Å²) in [6, 6.07) is 3.74. The summed E-state index contributed by atoms with van der Waals surface area (Å²) in [5.74, 6) is 0.0272. The number of amides is 1. The number of rotatable bonds is 1. The maximum atomic E-state index is 12.3. The van der Waals surface area contributed by atoms with Gasteiger partial charge in [0.25, 0.3) is 5.91 Å². The minimum atomic E-state index is 0. The molecular weight excluding hydrogens is 250 g/mol. The normalized spacial score (nSPS) is 19.8. The molecule has 1 unspecified atom stereocenters. The summed E-state index contributed by atoms with van der Waals surface area (Å²) >= 11 is 0. The second-order valence-corrected chi connectivity index (χ2v) is 4.67. The molecule has 1 saturated heterocycles. The number of hydrogen-bond acceptors (Lipinski definition) is 3. The van der Waals surface area contributed by atoms with Gasteiger partial charge in [0.15, 0.2) is 0 Å². The molecule has 1 atom stereocenters. The van der Waals surface area contributed by atoms with Crippen LogP contribution in [-0.4, -0.2) is 28.4 Å². The molecule has 0 bridgehead atoms. The molecule has 0 spiro atoms. The van der Waals surface area contributed by atoms with Gasteiger partial charge in [0.2, 0.25) is 0 Å². The first-order valence-corrected chi connectivity index (χ1v) is 6.21. The molecule has 1 aromatic heterocycles. The van der Waals surface area contributed by atoms with Crippen molar-refractivity contribution in [2.24, 2.45) is 0 Å². The minimum absolute atomic E-state index is 0. The molecular formula is C13H20ClN3O. The third kappa shape index (κ3) is 3.35. The monoisotopic (exact) mass is 269 g/mol. The summed E-state index contributed by atoms with van der Waals surface area (Å²) in [4.78, 5) is 18.3. The average molecular weight is 270 g/mol. The number of pyridine rings is 1. The Labute approximate surface area is 114 Å². The molecule has 1 fully saturated rings. The Balaban J connectivity index is 0.00000162. The van der Waals surface area contributed by atoms with Gasteiger partial charge in [-0.2, -0.15) is 0 Å². The maximum Gasteiger partial charge on any atom is 0.272 e. The molecule has 0 radical (unpaired) electrons. The van der Waals surface area contributed by atoms with Crippen molar-refractivity contribution in [1.29, 1.82) is 0 Å². The van der Waals surface area contributed by atoms with E-state index in [1.807, 2.05) is 4.90 Å². The van der Waals surface area contributed by atoms with Gasteiger partial charge in [-0.1, -0.05) is 12.8 Å². The Kier molecular flexibility index (Phi) is 5.41. The number of carbonyl (C=O) groups excluding carboxylic acids is 1. The number of likely N-dealkylation sites (tertiary alicyclic amines) is 1. The highest BCUT2D eigenvalue weighted by Crippen LogP contribution is 2.18. The van der Waals surface area contributed by atoms with E-state index in [1.165, 1.54) is 19.0 Å². The largest absolute Gasteiger partial charge is 0.397 e. The topological polar surface area (TPSA) is 59.2 Å². The molecule has 18 heavy (non-hydrogen) atoms. The Hall–Kier alpha value is -1.29. The first kappa shape index (κ1) is 14.8. The van der Waals surface area contributed by atoms with Crippen LogP contribution in [0.15, 0.2) is 18.3 Å². The van der Waals surface area contributed by atoms with Gasteiger partial charge in [0.1, 0.15) is 5.69 Å². The van der Waals surface area contributed by atoms with Crippen LogP contribution in [0.2, 0.25) is 0 Å². The van der Waals surface area contributed by atoms with Crippen molar-refractivity contribution >= 4 is 24.0 Å². The van der Waals surface area contributed by atoms with Gasteiger partial charge in [-0.25, -0.2) is 4.98 Å². The number of anilines is 1. The van der Waals surface area contributed by atoms with E-state index >= 15 is 0 Å². The number of hydrogen-bond donors (Lipinski definition) is 1. The van der Waals surface area contributed by atoms with Gasteiger partial charge in [0.05, 0.1) is 11.9 Å². The standard InChI is InChI=1S/C13H19N3O.ClH/c1-10-5-3-2-4-8-16(10)13(17)12-7-6-11(14)9-15-12;/h6-7,9-10H,2-5,8,14H2,1H3;1H. The second kappa shape index (κ2) is 6.59. The Morgan fingerprint density at radius 2 is 2.17 bits per heavy atom. The van der Waals surface area contributed by atoms with Crippen molar-refractivity contribution in [2.45, 2.75) is 38.6 Å². The fourth-order valence-corrected chi connectivity index (χ4v) is 2.26. The van der Waals surface area contributed by atoms with Crippen molar-refractivity contribution in [3.63, 3.8) is 0 Å². The Morgan fingerprint density at radius 3 is 2.83 bits per heavy atom. The van der Waals surface area contributed by atoms with Gasteiger partial charge in [-0.15, -0.1) is 12.4 Å². The van der Waals surface area contributed by atoms with Crippen LogP contribution in [0, 0.1) is 0 Å². The van der Waals surface area contributed by atoms with Crippen molar-refractivity contribution in [3.8, 4) is 0 Å². The smallest absolute Gasteiger partial charge is 0.272 e. The molecule has 2 heterocycles. The molecule has 2 rings (SSSR count). The summed E-state index contributed by atoms with van der Waals surface area (Å²) in [7, 11) is 0. The van der Waals surface area contributed by atoms with Gasteiger partial charge in [-0.3, -0.25) is 4.79 Å². The molecule has 100 valence electrons. The Morgan fingerprint density at radius 1 is 1.39 bits per heavy atom. The highest BCUT2D eigenvalue weighted by atomic mass is 35.5. The van der Waals surface area contributed by atoms with Crippen LogP contribution < -0.4 is 5.73 Å². The van der Waals surface area contributed by atoms with Gasteiger partial charge in [-0.05, 0) is 31.9 Å². The predicted molar refractivity (Wildman–Crippen MR) is 74.9 cm³/mol.